The van der Waals surface area contributed by atoms with E-state index in [0.29, 0.717) is 36.7 Å². The van der Waals surface area contributed by atoms with Gasteiger partial charge < -0.3 is 29.6 Å². The third kappa shape index (κ3) is 4.86. The van der Waals surface area contributed by atoms with Gasteiger partial charge in [-0.1, -0.05) is 0 Å². The number of amides is 1. The summed E-state index contributed by atoms with van der Waals surface area (Å²) in [4.78, 5) is 29.0. The minimum atomic E-state index is 0.120. The average Bonchev–Trinajstić information content (AvgIpc) is 3.56. The van der Waals surface area contributed by atoms with Gasteiger partial charge in [0.1, 0.15) is 19.0 Å². The number of anilines is 2. The highest BCUT2D eigenvalue weighted by Gasteiger charge is 2.25. The predicted octanol–water partition coefficient (Wildman–Crippen LogP) is 3.28. The van der Waals surface area contributed by atoms with Crippen LogP contribution in [-0.4, -0.2) is 70.2 Å². The number of nitrogen functional groups attached to an aromatic ring is 1. The van der Waals surface area contributed by atoms with Crippen molar-refractivity contribution in [3.05, 3.63) is 28.8 Å². The molecule has 37 heavy (non-hydrogen) atoms. The van der Waals surface area contributed by atoms with Crippen LogP contribution in [0.15, 0.2) is 12.1 Å². The SMILES string of the molecule is Nc1nc(Cl)nc2c1nc(Cc1cc3c(cc1N1CCCC1)OCCO3)n2CCC1CCN(C=O)CC1. The van der Waals surface area contributed by atoms with E-state index in [1.165, 1.54) is 18.5 Å². The van der Waals surface area contributed by atoms with E-state index in [1.54, 1.807) is 0 Å². The van der Waals surface area contributed by atoms with E-state index in [0.717, 1.165) is 81.3 Å². The van der Waals surface area contributed by atoms with Gasteiger partial charge in [-0.2, -0.15) is 9.97 Å². The molecule has 196 valence electrons. The standard InChI is InChI=1S/C26H32ClN7O3/c27-26-30-24(28)23-25(31-26)34(10-5-17-3-8-32(16-35)9-4-17)22(29-23)14-18-13-20-21(37-12-11-36-20)15-19(18)33-6-1-2-7-33/h13,15-17H,1-12,14H2,(H2,28,30,31). The zero-order valence-corrected chi connectivity index (χ0v) is 21.6. The van der Waals surface area contributed by atoms with E-state index < -0.39 is 0 Å². The lowest BCUT2D eigenvalue weighted by molar-refractivity contribution is -0.119. The number of imidazole rings is 1. The predicted molar refractivity (Wildman–Crippen MR) is 141 cm³/mol. The first kappa shape index (κ1) is 24.1. The summed E-state index contributed by atoms with van der Waals surface area (Å²) in [6.07, 6.45) is 6.87. The number of aryl methyl sites for hydroxylation is 1. The van der Waals surface area contributed by atoms with Crippen molar-refractivity contribution in [3.63, 3.8) is 0 Å². The molecule has 0 unspecified atom stereocenters. The van der Waals surface area contributed by atoms with E-state index in [9.17, 15) is 4.79 Å². The first-order valence-electron chi connectivity index (χ1n) is 13.1. The van der Waals surface area contributed by atoms with Crippen molar-refractivity contribution in [2.24, 2.45) is 5.92 Å². The summed E-state index contributed by atoms with van der Waals surface area (Å²) in [5, 5.41) is 0.120. The van der Waals surface area contributed by atoms with Crippen LogP contribution in [0.2, 0.25) is 5.28 Å². The van der Waals surface area contributed by atoms with Crippen LogP contribution < -0.4 is 20.1 Å². The molecule has 0 radical (unpaired) electrons. The minimum Gasteiger partial charge on any atom is -0.486 e. The summed E-state index contributed by atoms with van der Waals surface area (Å²) in [7, 11) is 0. The van der Waals surface area contributed by atoms with Crippen molar-refractivity contribution < 1.29 is 14.3 Å². The number of nitrogens with zero attached hydrogens (tertiary/aromatic N) is 6. The highest BCUT2D eigenvalue weighted by Crippen LogP contribution is 2.39. The maximum Gasteiger partial charge on any atom is 0.226 e. The van der Waals surface area contributed by atoms with Crippen molar-refractivity contribution in [2.75, 3.05) is 50.0 Å². The fraction of sp³-hybridized carbons (Fsp3) is 0.538. The number of nitrogens with two attached hydrogens (primary N) is 1. The van der Waals surface area contributed by atoms with Crippen LogP contribution in [0.1, 0.15) is 43.5 Å². The molecule has 1 aromatic carbocycles. The smallest absolute Gasteiger partial charge is 0.226 e. The van der Waals surface area contributed by atoms with Crippen LogP contribution in [0.25, 0.3) is 11.2 Å². The highest BCUT2D eigenvalue weighted by atomic mass is 35.5. The van der Waals surface area contributed by atoms with Crippen LogP contribution in [-0.2, 0) is 17.8 Å². The third-order valence-electron chi connectivity index (χ3n) is 7.77. The zero-order valence-electron chi connectivity index (χ0n) is 20.9. The summed E-state index contributed by atoms with van der Waals surface area (Å²) >= 11 is 6.22. The van der Waals surface area contributed by atoms with Crippen molar-refractivity contribution in [2.45, 2.75) is 45.1 Å². The quantitative estimate of drug-likeness (QED) is 0.369. The third-order valence-corrected chi connectivity index (χ3v) is 7.94. The summed E-state index contributed by atoms with van der Waals surface area (Å²) in [6.45, 7) is 5.51. The van der Waals surface area contributed by atoms with Gasteiger partial charge in [0.15, 0.2) is 28.5 Å². The molecule has 0 atom stereocenters. The molecule has 5 heterocycles. The van der Waals surface area contributed by atoms with Gasteiger partial charge in [-0.25, -0.2) is 4.98 Å². The summed E-state index contributed by atoms with van der Waals surface area (Å²) in [6, 6.07) is 4.22. The normalized spacial score (nSPS) is 18.1. The van der Waals surface area contributed by atoms with Crippen LogP contribution in [0.3, 0.4) is 0 Å². The number of benzene rings is 1. The number of fused-ring (bicyclic) bond motifs is 2. The lowest BCUT2D eigenvalue weighted by Gasteiger charge is -2.29. The van der Waals surface area contributed by atoms with Crippen LogP contribution in [0.5, 0.6) is 11.5 Å². The molecule has 10 nitrogen and oxygen atoms in total. The van der Waals surface area contributed by atoms with Crippen molar-refractivity contribution in [3.8, 4) is 11.5 Å². The van der Waals surface area contributed by atoms with Gasteiger partial charge in [0, 0.05) is 50.9 Å². The Labute approximate surface area is 220 Å². The molecule has 2 fully saturated rings. The van der Waals surface area contributed by atoms with E-state index in [-0.39, 0.29) is 11.1 Å². The number of carbonyl (C=O) groups is 1. The number of carbonyl (C=O) groups excluding carboxylic acids is 1. The first-order chi connectivity index (χ1) is 18.1. The molecular weight excluding hydrogens is 494 g/mol. The maximum atomic E-state index is 11.1. The van der Waals surface area contributed by atoms with Crippen LogP contribution >= 0.6 is 11.6 Å². The number of ether oxygens (including phenoxy) is 2. The Morgan fingerprint density at radius 2 is 1.76 bits per heavy atom. The molecule has 6 rings (SSSR count). The molecule has 3 aliphatic heterocycles. The number of aromatic nitrogens is 4. The Balaban J connectivity index is 1.35. The molecule has 0 aliphatic carbocycles. The molecule has 0 saturated carbocycles. The Morgan fingerprint density at radius 1 is 1.03 bits per heavy atom. The molecule has 0 spiro atoms. The summed E-state index contributed by atoms with van der Waals surface area (Å²) in [5.74, 6) is 3.27. The topological polar surface area (TPSA) is 112 Å². The molecule has 3 aromatic rings. The van der Waals surface area contributed by atoms with Crippen LogP contribution in [0, 0.1) is 5.92 Å². The summed E-state index contributed by atoms with van der Waals surface area (Å²) in [5.41, 5.74) is 9.78. The Hall–Kier alpha value is -3.27. The fourth-order valence-electron chi connectivity index (χ4n) is 5.75. The monoisotopic (exact) mass is 525 g/mol. The Morgan fingerprint density at radius 3 is 2.49 bits per heavy atom. The molecule has 1 amide bonds. The fourth-order valence-corrected chi connectivity index (χ4v) is 5.92. The van der Waals surface area contributed by atoms with Gasteiger partial charge in [0.2, 0.25) is 11.7 Å². The Bertz CT molecular complexity index is 1300. The number of hydrogen-bond donors (Lipinski definition) is 1. The highest BCUT2D eigenvalue weighted by molar-refractivity contribution is 6.28. The largest absolute Gasteiger partial charge is 0.486 e. The number of hydrogen-bond acceptors (Lipinski definition) is 8. The van der Waals surface area contributed by atoms with Gasteiger partial charge in [-0.3, -0.25) is 4.79 Å². The molecular formula is C26H32ClN7O3. The average molecular weight is 526 g/mol. The summed E-state index contributed by atoms with van der Waals surface area (Å²) < 4.78 is 14.0. The van der Waals surface area contributed by atoms with Gasteiger partial charge in [-0.15, -0.1) is 0 Å². The molecule has 2 saturated heterocycles. The second kappa shape index (κ2) is 10.2. The lowest BCUT2D eigenvalue weighted by atomic mass is 9.94. The number of piperidine rings is 1. The molecule has 2 N–H and O–H groups in total. The second-order valence-corrected chi connectivity index (χ2v) is 10.4. The van der Waals surface area contributed by atoms with Crippen molar-refractivity contribution in [1.29, 1.82) is 0 Å². The van der Waals surface area contributed by atoms with E-state index in [1.807, 2.05) is 4.90 Å². The van der Waals surface area contributed by atoms with Gasteiger partial charge in [0.25, 0.3) is 0 Å². The van der Waals surface area contributed by atoms with Crippen LogP contribution in [0.4, 0.5) is 11.5 Å². The molecule has 2 aromatic heterocycles. The van der Waals surface area contributed by atoms with E-state index in [2.05, 4.69) is 31.6 Å². The second-order valence-electron chi connectivity index (χ2n) is 10.1. The van der Waals surface area contributed by atoms with Crippen molar-refractivity contribution in [1.82, 2.24) is 24.4 Å². The number of rotatable bonds is 7. The zero-order chi connectivity index (χ0) is 25.4. The molecule has 3 aliphatic rings. The van der Waals surface area contributed by atoms with Gasteiger partial charge in [0.05, 0.1) is 0 Å². The number of likely N-dealkylation sites (tertiary alicyclic amines) is 1. The molecule has 11 heteroatoms. The van der Waals surface area contributed by atoms with Gasteiger partial charge >= 0.3 is 0 Å². The lowest BCUT2D eigenvalue weighted by Crippen LogP contribution is -2.32. The first-order valence-corrected chi connectivity index (χ1v) is 13.5. The van der Waals surface area contributed by atoms with Gasteiger partial charge in [-0.05, 0) is 61.3 Å². The molecule has 0 bridgehead atoms. The van der Waals surface area contributed by atoms with Crippen molar-refractivity contribution >= 4 is 40.7 Å². The minimum absolute atomic E-state index is 0.120. The maximum absolute atomic E-state index is 11.1. The Kier molecular flexibility index (Phi) is 6.67. The van der Waals surface area contributed by atoms with E-state index in [4.69, 9.17) is 31.8 Å². The van der Waals surface area contributed by atoms with E-state index >= 15 is 0 Å². The number of halogens is 1.